The lowest BCUT2D eigenvalue weighted by molar-refractivity contribution is 0.0999. The van der Waals surface area contributed by atoms with E-state index < -0.39 is 5.91 Å². The fourth-order valence-electron chi connectivity index (χ4n) is 8.00. The molecule has 12 heteroatoms. The number of hydrogen-bond acceptors (Lipinski definition) is 9. The van der Waals surface area contributed by atoms with E-state index in [0.29, 0.717) is 65.0 Å². The Morgan fingerprint density at radius 2 is 1.92 bits per heavy atom. The number of amides is 1. The quantitative estimate of drug-likeness (QED) is 0.142. The molecule has 4 aromatic heterocycles. The first-order valence-corrected chi connectivity index (χ1v) is 18.7. The number of pyridine rings is 2. The standard InChI is InChI=1S/C40H38ClFN6O3S/c1-19(2)15-30-33(38(43)49)35(34(40-48-47-20(3)51-40)31(45-30)17-22-6-5-21-16-24(41)7-8-25(21)22)32-18-23-13-14-44-39(37(23)52-32)46-29-12-10-27-26(29)9-11-28(42)36(27)50-4/h7-9,11,13-14,16,18-19,22,29H,5-6,10,12,15,17H2,1-4H3,(H2,43,49)(H,44,46)/t22-,29-/m1/s1. The molecule has 4 heterocycles. The molecule has 2 aliphatic carbocycles. The predicted octanol–water partition coefficient (Wildman–Crippen LogP) is 9.19. The summed E-state index contributed by atoms with van der Waals surface area (Å²) in [6, 6.07) is 13.3. The molecule has 0 fully saturated rings. The van der Waals surface area contributed by atoms with Crippen molar-refractivity contribution >= 4 is 44.7 Å². The maximum atomic E-state index is 14.5. The van der Waals surface area contributed by atoms with Gasteiger partial charge in [-0.15, -0.1) is 21.5 Å². The zero-order valence-corrected chi connectivity index (χ0v) is 30.9. The van der Waals surface area contributed by atoms with Crippen LogP contribution in [0.5, 0.6) is 5.75 Å². The van der Waals surface area contributed by atoms with Gasteiger partial charge in [-0.25, -0.2) is 9.37 Å². The van der Waals surface area contributed by atoms with Crippen molar-refractivity contribution < 1.29 is 18.3 Å². The number of nitrogens with zero attached hydrogens (tertiary/aromatic N) is 4. The minimum absolute atomic E-state index is 0.0828. The number of ether oxygens (including phenoxy) is 1. The second-order valence-corrected chi connectivity index (χ2v) is 15.6. The maximum Gasteiger partial charge on any atom is 0.251 e. The van der Waals surface area contributed by atoms with Gasteiger partial charge in [-0.05, 0) is 103 Å². The normalized spacial score (nSPS) is 16.4. The summed E-state index contributed by atoms with van der Waals surface area (Å²) in [7, 11) is 1.50. The SMILES string of the molecule is COc1c(F)ccc2c1CC[C@H]2Nc1nccc2cc(-c3c(C(N)=O)c(CC(C)C)nc(C[C@H]4CCc5cc(Cl)ccc54)c3-c3nnc(C)o3)sc12. The number of anilines is 1. The second-order valence-electron chi connectivity index (χ2n) is 14.1. The van der Waals surface area contributed by atoms with Crippen molar-refractivity contribution in [3.8, 4) is 27.6 Å². The van der Waals surface area contributed by atoms with Gasteiger partial charge in [0.2, 0.25) is 11.8 Å². The van der Waals surface area contributed by atoms with Crippen molar-refractivity contribution in [2.45, 2.75) is 71.3 Å². The van der Waals surface area contributed by atoms with Gasteiger partial charge in [-0.2, -0.15) is 0 Å². The van der Waals surface area contributed by atoms with Crippen LogP contribution in [0, 0.1) is 18.7 Å². The fraction of sp³-hybridized carbons (Fsp3) is 0.325. The Hall–Kier alpha value is -4.87. The summed E-state index contributed by atoms with van der Waals surface area (Å²) < 4.78 is 27.0. The number of hydrogen-bond donors (Lipinski definition) is 2. The summed E-state index contributed by atoms with van der Waals surface area (Å²) in [5.74, 6) is 1.15. The van der Waals surface area contributed by atoms with Crippen LogP contribution in [0.3, 0.4) is 0 Å². The van der Waals surface area contributed by atoms with E-state index in [1.54, 1.807) is 13.1 Å². The largest absolute Gasteiger partial charge is 0.493 e. The molecule has 2 aliphatic rings. The van der Waals surface area contributed by atoms with Gasteiger partial charge >= 0.3 is 0 Å². The molecule has 0 saturated heterocycles. The van der Waals surface area contributed by atoms with Crippen LogP contribution in [0.4, 0.5) is 10.2 Å². The van der Waals surface area contributed by atoms with E-state index in [1.165, 1.54) is 35.6 Å². The van der Waals surface area contributed by atoms with Crippen molar-refractivity contribution in [1.82, 2.24) is 20.2 Å². The number of primary amides is 1. The summed E-state index contributed by atoms with van der Waals surface area (Å²) in [5, 5.41) is 14.0. The molecule has 52 heavy (non-hydrogen) atoms. The molecule has 9 nitrogen and oxygen atoms in total. The van der Waals surface area contributed by atoms with E-state index in [-0.39, 0.29) is 23.7 Å². The highest BCUT2D eigenvalue weighted by molar-refractivity contribution is 7.23. The first-order valence-electron chi connectivity index (χ1n) is 17.5. The molecular formula is C40H38ClFN6O3S. The second kappa shape index (κ2) is 13.6. The van der Waals surface area contributed by atoms with Crippen LogP contribution < -0.4 is 15.8 Å². The summed E-state index contributed by atoms with van der Waals surface area (Å²) in [6.07, 6.45) is 6.25. The Kier molecular flexibility index (Phi) is 8.95. The number of nitrogens with two attached hydrogens (primary N) is 1. The summed E-state index contributed by atoms with van der Waals surface area (Å²) >= 11 is 7.88. The Morgan fingerprint density at radius 3 is 2.67 bits per heavy atom. The smallest absolute Gasteiger partial charge is 0.251 e. The van der Waals surface area contributed by atoms with Gasteiger partial charge in [0.15, 0.2) is 11.6 Å². The number of carbonyl (C=O) groups is 1. The molecule has 8 rings (SSSR count). The number of fused-ring (bicyclic) bond motifs is 3. The van der Waals surface area contributed by atoms with Gasteiger partial charge in [0.05, 0.1) is 40.4 Å². The number of benzene rings is 2. The molecule has 6 aromatic rings. The molecule has 0 aliphatic heterocycles. The summed E-state index contributed by atoms with van der Waals surface area (Å²) in [4.78, 5) is 24.4. The van der Waals surface area contributed by atoms with E-state index >= 15 is 0 Å². The minimum Gasteiger partial charge on any atom is -0.493 e. The van der Waals surface area contributed by atoms with Crippen molar-refractivity contribution in [2.24, 2.45) is 11.7 Å². The van der Waals surface area contributed by atoms with Gasteiger partial charge in [0, 0.05) is 34.1 Å². The zero-order chi connectivity index (χ0) is 36.3. The molecule has 0 saturated carbocycles. The van der Waals surface area contributed by atoms with Crippen LogP contribution in [-0.2, 0) is 25.7 Å². The van der Waals surface area contributed by atoms with E-state index in [2.05, 4.69) is 41.5 Å². The van der Waals surface area contributed by atoms with Gasteiger partial charge in [-0.3, -0.25) is 9.78 Å². The highest BCUT2D eigenvalue weighted by Gasteiger charge is 2.33. The molecule has 2 atom stereocenters. The van der Waals surface area contributed by atoms with Crippen LogP contribution in [0.2, 0.25) is 5.02 Å². The third-order valence-corrected chi connectivity index (χ3v) is 11.6. The van der Waals surface area contributed by atoms with Gasteiger partial charge in [0.25, 0.3) is 5.91 Å². The Bertz CT molecular complexity index is 2370. The number of aryl methyl sites for hydroxylation is 2. The zero-order valence-electron chi connectivity index (χ0n) is 29.3. The average Bonchev–Trinajstić information content (AvgIpc) is 3.91. The number of thiophene rings is 1. The molecule has 2 aromatic carbocycles. The topological polar surface area (TPSA) is 129 Å². The maximum absolute atomic E-state index is 14.5. The van der Waals surface area contributed by atoms with Crippen LogP contribution in [0.1, 0.15) is 88.5 Å². The van der Waals surface area contributed by atoms with Crippen LogP contribution in [0.25, 0.3) is 32.0 Å². The number of halogens is 2. The number of methoxy groups -OCH3 is 1. The van der Waals surface area contributed by atoms with E-state index in [9.17, 15) is 9.18 Å². The molecule has 0 bridgehead atoms. The third kappa shape index (κ3) is 6.09. The van der Waals surface area contributed by atoms with Crippen LogP contribution >= 0.6 is 22.9 Å². The highest BCUT2D eigenvalue weighted by Crippen LogP contribution is 2.47. The molecule has 3 N–H and O–H groups in total. The van der Waals surface area contributed by atoms with E-state index in [0.717, 1.165) is 56.1 Å². The fourth-order valence-corrected chi connectivity index (χ4v) is 9.36. The van der Waals surface area contributed by atoms with Gasteiger partial charge in [0.1, 0.15) is 5.82 Å². The minimum atomic E-state index is -0.569. The molecule has 1 amide bonds. The van der Waals surface area contributed by atoms with Crippen molar-refractivity contribution in [2.75, 3.05) is 12.4 Å². The Labute approximate surface area is 309 Å². The van der Waals surface area contributed by atoms with Crippen molar-refractivity contribution in [3.63, 3.8) is 0 Å². The molecule has 0 unspecified atom stereocenters. The third-order valence-electron chi connectivity index (χ3n) is 10.2. The highest BCUT2D eigenvalue weighted by atomic mass is 35.5. The Balaban J connectivity index is 1.30. The number of nitrogens with one attached hydrogen (secondary N) is 1. The molecule has 266 valence electrons. The molecule has 0 spiro atoms. The van der Waals surface area contributed by atoms with E-state index in [1.807, 2.05) is 24.3 Å². The monoisotopic (exact) mass is 736 g/mol. The molecular weight excluding hydrogens is 699 g/mol. The number of rotatable bonds is 10. The average molecular weight is 737 g/mol. The van der Waals surface area contributed by atoms with Crippen LogP contribution in [0.15, 0.2) is 53.1 Å². The van der Waals surface area contributed by atoms with E-state index in [4.69, 9.17) is 36.5 Å². The lowest BCUT2D eigenvalue weighted by Crippen LogP contribution is -2.20. The first-order chi connectivity index (χ1) is 25.1. The lowest BCUT2D eigenvalue weighted by atomic mass is 9.88. The summed E-state index contributed by atoms with van der Waals surface area (Å²) in [5.41, 5.74) is 13.7. The van der Waals surface area contributed by atoms with Gasteiger partial charge < -0.3 is 20.2 Å². The van der Waals surface area contributed by atoms with Crippen molar-refractivity contribution in [3.05, 3.63) is 105 Å². The predicted molar refractivity (Wildman–Crippen MR) is 202 cm³/mol. The van der Waals surface area contributed by atoms with Gasteiger partial charge in [-0.1, -0.05) is 37.6 Å². The first kappa shape index (κ1) is 34.2. The lowest BCUT2D eigenvalue weighted by Gasteiger charge is -2.21. The number of aromatic nitrogens is 4. The molecule has 0 radical (unpaired) electrons. The number of carbonyl (C=O) groups excluding carboxylic acids is 1. The van der Waals surface area contributed by atoms with Crippen molar-refractivity contribution in [1.29, 1.82) is 0 Å². The summed E-state index contributed by atoms with van der Waals surface area (Å²) in [6.45, 7) is 5.95. The Morgan fingerprint density at radius 1 is 1.10 bits per heavy atom. The van der Waals surface area contributed by atoms with Crippen LogP contribution in [-0.4, -0.2) is 33.2 Å².